The molecule has 2 aliphatic rings. The Morgan fingerprint density at radius 1 is 1.03 bits per heavy atom. The molecule has 1 N–H and O–H groups in total. The molecular weight excluding hydrogens is 406 g/mol. The molecule has 3 amide bonds. The van der Waals surface area contributed by atoms with Crippen LogP contribution in [0.1, 0.15) is 36.6 Å². The van der Waals surface area contributed by atoms with Crippen molar-refractivity contribution in [1.82, 2.24) is 15.1 Å². The Bertz CT molecular complexity index is 988. The van der Waals surface area contributed by atoms with E-state index in [2.05, 4.69) is 10.2 Å². The zero-order valence-electron chi connectivity index (χ0n) is 16.4. The summed E-state index contributed by atoms with van der Waals surface area (Å²) in [7, 11) is 0. The SMILES string of the molecule is O=C(NCCN1CCOCC1)c1ccc2c(c1)C(=O)N(Cc1cccc(Cl)c1)C2=O. The van der Waals surface area contributed by atoms with Crippen molar-refractivity contribution < 1.29 is 19.1 Å². The smallest absolute Gasteiger partial charge is 0.261 e. The molecule has 7 nitrogen and oxygen atoms in total. The van der Waals surface area contributed by atoms with Crippen molar-refractivity contribution in [3.8, 4) is 0 Å². The van der Waals surface area contributed by atoms with Gasteiger partial charge in [-0.1, -0.05) is 23.7 Å². The fourth-order valence-corrected chi connectivity index (χ4v) is 3.86. The number of carbonyl (C=O) groups is 3. The topological polar surface area (TPSA) is 79.0 Å². The summed E-state index contributed by atoms with van der Waals surface area (Å²) in [6.45, 7) is 4.51. The predicted octanol–water partition coefficient (Wildman–Crippen LogP) is 2.20. The first-order valence-corrected chi connectivity index (χ1v) is 10.2. The molecule has 156 valence electrons. The van der Waals surface area contributed by atoms with E-state index in [1.54, 1.807) is 30.3 Å². The third-order valence-electron chi connectivity index (χ3n) is 5.28. The highest BCUT2D eigenvalue weighted by atomic mass is 35.5. The van der Waals surface area contributed by atoms with Gasteiger partial charge in [-0.05, 0) is 35.9 Å². The van der Waals surface area contributed by atoms with E-state index >= 15 is 0 Å². The predicted molar refractivity (Wildman–Crippen MR) is 112 cm³/mol. The van der Waals surface area contributed by atoms with Gasteiger partial charge >= 0.3 is 0 Å². The molecule has 2 aromatic rings. The first-order chi connectivity index (χ1) is 14.5. The maximum absolute atomic E-state index is 12.8. The monoisotopic (exact) mass is 427 g/mol. The van der Waals surface area contributed by atoms with Crippen molar-refractivity contribution in [1.29, 1.82) is 0 Å². The van der Waals surface area contributed by atoms with Crippen LogP contribution >= 0.6 is 11.6 Å². The number of fused-ring (bicyclic) bond motifs is 1. The molecule has 2 heterocycles. The molecule has 0 atom stereocenters. The summed E-state index contributed by atoms with van der Waals surface area (Å²) >= 11 is 6.00. The minimum atomic E-state index is -0.405. The molecule has 0 saturated carbocycles. The number of ether oxygens (including phenoxy) is 1. The fourth-order valence-electron chi connectivity index (χ4n) is 3.65. The maximum atomic E-state index is 12.8. The molecule has 0 aromatic heterocycles. The van der Waals surface area contributed by atoms with E-state index in [9.17, 15) is 14.4 Å². The standard InChI is InChI=1S/C22H22ClN3O4/c23-17-3-1-2-15(12-17)14-26-21(28)18-5-4-16(13-19(18)22(26)29)20(27)24-6-7-25-8-10-30-11-9-25/h1-5,12-13H,6-11,14H2,(H,24,27). The number of morpholine rings is 1. The number of hydrogen-bond acceptors (Lipinski definition) is 5. The number of hydrogen-bond donors (Lipinski definition) is 1. The molecule has 0 aliphatic carbocycles. The van der Waals surface area contributed by atoms with Crippen molar-refractivity contribution in [3.63, 3.8) is 0 Å². The average molecular weight is 428 g/mol. The molecule has 2 aromatic carbocycles. The summed E-state index contributed by atoms with van der Waals surface area (Å²) in [6, 6.07) is 11.7. The van der Waals surface area contributed by atoms with Crippen molar-refractivity contribution in [3.05, 3.63) is 69.7 Å². The lowest BCUT2D eigenvalue weighted by Crippen LogP contribution is -2.41. The van der Waals surface area contributed by atoms with Gasteiger partial charge in [-0.25, -0.2) is 0 Å². The number of rotatable bonds is 6. The zero-order valence-corrected chi connectivity index (χ0v) is 17.2. The van der Waals surface area contributed by atoms with E-state index in [-0.39, 0.29) is 23.9 Å². The number of nitrogens with one attached hydrogen (secondary N) is 1. The van der Waals surface area contributed by atoms with E-state index in [1.807, 2.05) is 6.07 Å². The van der Waals surface area contributed by atoms with Gasteiger partial charge in [-0.3, -0.25) is 24.2 Å². The summed E-state index contributed by atoms with van der Waals surface area (Å²) in [5.74, 6) is -1.04. The Morgan fingerprint density at radius 2 is 1.80 bits per heavy atom. The first-order valence-electron chi connectivity index (χ1n) is 9.86. The van der Waals surface area contributed by atoms with Gasteiger partial charge in [-0.15, -0.1) is 0 Å². The molecule has 8 heteroatoms. The van der Waals surface area contributed by atoms with Crippen LogP contribution in [-0.4, -0.2) is 66.9 Å². The van der Waals surface area contributed by atoms with Crippen LogP contribution in [0.5, 0.6) is 0 Å². The fraction of sp³-hybridized carbons (Fsp3) is 0.318. The van der Waals surface area contributed by atoms with Crippen molar-refractivity contribution >= 4 is 29.3 Å². The molecule has 2 aliphatic heterocycles. The maximum Gasteiger partial charge on any atom is 0.261 e. The largest absolute Gasteiger partial charge is 0.379 e. The highest BCUT2D eigenvalue weighted by Gasteiger charge is 2.36. The van der Waals surface area contributed by atoms with Crippen LogP contribution in [0.2, 0.25) is 5.02 Å². The number of benzene rings is 2. The molecule has 0 radical (unpaired) electrons. The lowest BCUT2D eigenvalue weighted by molar-refractivity contribution is 0.0383. The van der Waals surface area contributed by atoms with Crippen LogP contribution in [0, 0.1) is 0 Å². The minimum Gasteiger partial charge on any atom is -0.379 e. The van der Waals surface area contributed by atoms with Crippen LogP contribution < -0.4 is 5.32 Å². The molecule has 1 saturated heterocycles. The molecule has 1 fully saturated rings. The summed E-state index contributed by atoms with van der Waals surface area (Å²) in [5, 5.41) is 3.42. The van der Waals surface area contributed by atoms with Gasteiger partial charge in [0.25, 0.3) is 17.7 Å². The first kappa shape index (κ1) is 20.5. The molecule has 0 unspecified atom stereocenters. The third-order valence-corrected chi connectivity index (χ3v) is 5.51. The lowest BCUT2D eigenvalue weighted by Gasteiger charge is -2.26. The van der Waals surface area contributed by atoms with E-state index in [0.717, 1.165) is 25.2 Å². The van der Waals surface area contributed by atoms with Crippen LogP contribution in [-0.2, 0) is 11.3 Å². The minimum absolute atomic E-state index is 0.133. The Morgan fingerprint density at radius 3 is 2.57 bits per heavy atom. The van der Waals surface area contributed by atoms with Crippen LogP contribution in [0.3, 0.4) is 0 Å². The van der Waals surface area contributed by atoms with Gasteiger partial charge in [0.1, 0.15) is 0 Å². The summed E-state index contributed by atoms with van der Waals surface area (Å²) in [5.41, 5.74) is 1.69. The Labute approximate surface area is 179 Å². The quantitative estimate of drug-likeness (QED) is 0.715. The van der Waals surface area contributed by atoms with Crippen molar-refractivity contribution in [2.45, 2.75) is 6.54 Å². The van der Waals surface area contributed by atoms with Gasteiger partial charge in [0, 0.05) is 36.8 Å². The van der Waals surface area contributed by atoms with Crippen molar-refractivity contribution in [2.24, 2.45) is 0 Å². The highest BCUT2D eigenvalue weighted by Crippen LogP contribution is 2.26. The van der Waals surface area contributed by atoms with Gasteiger partial charge < -0.3 is 10.1 Å². The second kappa shape index (κ2) is 8.95. The number of amides is 3. The van der Waals surface area contributed by atoms with Gasteiger partial charge in [0.2, 0.25) is 0 Å². The zero-order chi connectivity index (χ0) is 21.1. The molecule has 0 spiro atoms. The van der Waals surface area contributed by atoms with Gasteiger partial charge in [0.05, 0.1) is 30.9 Å². The van der Waals surface area contributed by atoms with Gasteiger partial charge in [-0.2, -0.15) is 0 Å². The molecular formula is C22H22ClN3O4. The lowest BCUT2D eigenvalue weighted by atomic mass is 10.1. The normalized spacial score (nSPS) is 16.6. The van der Waals surface area contributed by atoms with E-state index in [4.69, 9.17) is 16.3 Å². The summed E-state index contributed by atoms with van der Waals surface area (Å²) < 4.78 is 5.31. The Balaban J connectivity index is 1.41. The van der Waals surface area contributed by atoms with Crippen LogP contribution in [0.25, 0.3) is 0 Å². The van der Waals surface area contributed by atoms with E-state index in [0.29, 0.717) is 35.9 Å². The third kappa shape index (κ3) is 4.38. The van der Waals surface area contributed by atoms with Crippen LogP contribution in [0.4, 0.5) is 0 Å². The van der Waals surface area contributed by atoms with E-state index < -0.39 is 5.91 Å². The number of halogens is 1. The molecule has 4 rings (SSSR count). The summed E-state index contributed by atoms with van der Waals surface area (Å²) in [6.07, 6.45) is 0. The second-order valence-corrected chi connectivity index (χ2v) is 7.73. The van der Waals surface area contributed by atoms with Crippen LogP contribution in [0.15, 0.2) is 42.5 Å². The molecule has 30 heavy (non-hydrogen) atoms. The van der Waals surface area contributed by atoms with Gasteiger partial charge in [0.15, 0.2) is 0 Å². The Hall–Kier alpha value is -2.74. The highest BCUT2D eigenvalue weighted by molar-refractivity contribution is 6.30. The number of carbonyl (C=O) groups excluding carboxylic acids is 3. The molecule has 0 bridgehead atoms. The number of nitrogens with zero attached hydrogens (tertiary/aromatic N) is 2. The second-order valence-electron chi connectivity index (χ2n) is 7.30. The van der Waals surface area contributed by atoms with E-state index in [1.165, 1.54) is 11.0 Å². The summed E-state index contributed by atoms with van der Waals surface area (Å²) in [4.78, 5) is 41.4. The van der Waals surface area contributed by atoms with Crippen molar-refractivity contribution in [2.75, 3.05) is 39.4 Å². The average Bonchev–Trinajstić information content (AvgIpc) is 2.99. The Kier molecular flexibility index (Phi) is 6.13. The number of imide groups is 1.